The molecule has 0 spiro atoms. The largest absolute Gasteiger partial charge is 0.361 e. The third-order valence-corrected chi connectivity index (χ3v) is 5.20. The number of benzene rings is 2. The van der Waals surface area contributed by atoms with Crippen LogP contribution in [0.3, 0.4) is 0 Å². The van der Waals surface area contributed by atoms with Crippen LogP contribution < -0.4 is 10.6 Å². The van der Waals surface area contributed by atoms with Crippen molar-refractivity contribution in [3.63, 3.8) is 0 Å². The number of H-pyrrole nitrogens is 1. The summed E-state index contributed by atoms with van der Waals surface area (Å²) < 4.78 is 29.6. The van der Waals surface area contributed by atoms with Gasteiger partial charge >= 0.3 is 0 Å². The summed E-state index contributed by atoms with van der Waals surface area (Å²) in [5.74, 6) is 0.794. The minimum Gasteiger partial charge on any atom is -0.361 e. The maximum atomic E-state index is 14.6. The fourth-order valence-corrected chi connectivity index (χ4v) is 3.58. The Labute approximate surface area is 179 Å². The number of rotatable bonds is 6. The molecule has 8 heteroatoms. The fraction of sp³-hybridized carbons (Fsp3) is 0.217. The van der Waals surface area contributed by atoms with Gasteiger partial charge in [0.05, 0.1) is 5.69 Å². The van der Waals surface area contributed by atoms with Crippen LogP contribution >= 0.6 is 0 Å². The Hall–Kier alpha value is -3.68. The van der Waals surface area contributed by atoms with Crippen molar-refractivity contribution in [2.75, 3.05) is 13.6 Å². The molecule has 0 atom stereocenters. The van der Waals surface area contributed by atoms with Crippen LogP contribution in [0.4, 0.5) is 8.78 Å². The van der Waals surface area contributed by atoms with E-state index in [1.54, 1.807) is 36.1 Å². The predicted molar refractivity (Wildman–Crippen MR) is 118 cm³/mol. The second kappa shape index (κ2) is 8.99. The monoisotopic (exact) mass is 422 g/mol. The molecule has 31 heavy (non-hydrogen) atoms. The van der Waals surface area contributed by atoms with E-state index >= 15 is 0 Å². The van der Waals surface area contributed by atoms with Gasteiger partial charge in [-0.2, -0.15) is 0 Å². The molecule has 0 aliphatic rings. The highest BCUT2D eigenvalue weighted by Crippen LogP contribution is 2.19. The third-order valence-electron chi connectivity index (χ3n) is 5.20. The first-order valence-electron chi connectivity index (χ1n) is 10.0. The molecule has 4 rings (SSSR count). The van der Waals surface area contributed by atoms with Gasteiger partial charge in [-0.15, -0.1) is 0 Å². The van der Waals surface area contributed by atoms with Crippen molar-refractivity contribution in [3.05, 3.63) is 83.6 Å². The van der Waals surface area contributed by atoms with Crippen LogP contribution in [0.1, 0.15) is 17.0 Å². The van der Waals surface area contributed by atoms with Gasteiger partial charge in [0.15, 0.2) is 5.96 Å². The highest BCUT2D eigenvalue weighted by atomic mass is 19.1. The Bertz CT molecular complexity index is 1220. The van der Waals surface area contributed by atoms with Gasteiger partial charge in [-0.25, -0.2) is 13.8 Å². The summed E-state index contributed by atoms with van der Waals surface area (Å²) in [5, 5.41) is 7.46. The number of guanidine groups is 1. The van der Waals surface area contributed by atoms with E-state index in [-0.39, 0.29) is 11.6 Å². The molecule has 0 aliphatic heterocycles. The zero-order chi connectivity index (χ0) is 21.8. The first kappa shape index (κ1) is 20.6. The molecule has 0 aliphatic carbocycles. The molecule has 0 saturated heterocycles. The normalized spacial score (nSPS) is 11.8. The molecule has 3 N–H and O–H groups in total. The topological polar surface area (TPSA) is 70.0 Å². The van der Waals surface area contributed by atoms with E-state index in [9.17, 15) is 8.78 Å². The first-order chi connectivity index (χ1) is 15.0. The molecule has 0 unspecified atom stereocenters. The molecular formula is C23H24F2N6. The van der Waals surface area contributed by atoms with Crippen molar-refractivity contribution < 1.29 is 8.78 Å². The Morgan fingerprint density at radius 2 is 2.03 bits per heavy atom. The Kier molecular flexibility index (Phi) is 5.97. The zero-order valence-electron chi connectivity index (χ0n) is 17.4. The van der Waals surface area contributed by atoms with E-state index < -0.39 is 0 Å². The van der Waals surface area contributed by atoms with E-state index in [1.807, 2.05) is 19.2 Å². The Balaban J connectivity index is 1.32. The van der Waals surface area contributed by atoms with Crippen molar-refractivity contribution in [1.29, 1.82) is 0 Å². The lowest BCUT2D eigenvalue weighted by Crippen LogP contribution is -2.37. The van der Waals surface area contributed by atoms with Crippen LogP contribution in [0, 0.1) is 18.6 Å². The molecule has 6 nitrogen and oxygen atoms in total. The quantitative estimate of drug-likeness (QED) is 0.327. The van der Waals surface area contributed by atoms with Crippen molar-refractivity contribution in [2.45, 2.75) is 19.9 Å². The summed E-state index contributed by atoms with van der Waals surface area (Å²) in [6.45, 7) is 2.92. The minimum atomic E-state index is -0.306. The highest BCUT2D eigenvalue weighted by Gasteiger charge is 2.09. The highest BCUT2D eigenvalue weighted by molar-refractivity contribution is 5.83. The van der Waals surface area contributed by atoms with E-state index in [4.69, 9.17) is 0 Å². The van der Waals surface area contributed by atoms with Crippen LogP contribution in [-0.4, -0.2) is 34.1 Å². The summed E-state index contributed by atoms with van der Waals surface area (Å²) >= 11 is 0. The molecule has 2 aromatic heterocycles. The molecule has 160 valence electrons. The number of aromatic nitrogens is 3. The number of aliphatic imine (C=N–C) groups is 1. The van der Waals surface area contributed by atoms with E-state index in [0.717, 1.165) is 34.3 Å². The van der Waals surface area contributed by atoms with Gasteiger partial charge in [-0.1, -0.05) is 6.07 Å². The van der Waals surface area contributed by atoms with Crippen molar-refractivity contribution in [3.8, 4) is 5.69 Å². The minimum absolute atomic E-state index is 0.256. The molecule has 2 aromatic carbocycles. The van der Waals surface area contributed by atoms with Gasteiger partial charge in [0.25, 0.3) is 0 Å². The average Bonchev–Trinajstić information content (AvgIpc) is 3.36. The Morgan fingerprint density at radius 1 is 1.16 bits per heavy atom. The van der Waals surface area contributed by atoms with E-state index in [0.29, 0.717) is 24.7 Å². The number of imidazole rings is 1. The summed E-state index contributed by atoms with van der Waals surface area (Å²) in [7, 11) is 1.69. The second-order valence-electron chi connectivity index (χ2n) is 7.24. The molecule has 0 fully saturated rings. The molecule has 0 amide bonds. The van der Waals surface area contributed by atoms with Gasteiger partial charge in [0, 0.05) is 49.6 Å². The maximum Gasteiger partial charge on any atom is 0.191 e. The lowest BCUT2D eigenvalue weighted by Gasteiger charge is -2.13. The van der Waals surface area contributed by atoms with Gasteiger partial charge < -0.3 is 20.2 Å². The predicted octanol–water partition coefficient (Wildman–Crippen LogP) is 3.85. The van der Waals surface area contributed by atoms with Crippen LogP contribution in [0.25, 0.3) is 16.6 Å². The summed E-state index contributed by atoms with van der Waals surface area (Å²) in [5.41, 5.74) is 3.17. The SMILES string of the molecule is CN=C(NCCc1c[nH]c2cc(F)ccc12)NCc1ccc(-n2ccnc2C)c(F)c1. The van der Waals surface area contributed by atoms with E-state index in [2.05, 4.69) is 25.6 Å². The van der Waals surface area contributed by atoms with Crippen molar-refractivity contribution in [1.82, 2.24) is 25.2 Å². The summed E-state index contributed by atoms with van der Waals surface area (Å²) in [6.07, 6.45) is 6.03. The van der Waals surface area contributed by atoms with Crippen molar-refractivity contribution in [2.24, 2.45) is 4.99 Å². The number of hydrogen-bond acceptors (Lipinski definition) is 2. The number of hydrogen-bond donors (Lipinski definition) is 3. The Morgan fingerprint density at radius 3 is 2.77 bits per heavy atom. The number of nitrogens with zero attached hydrogens (tertiary/aromatic N) is 3. The molecule has 4 aromatic rings. The van der Waals surface area contributed by atoms with Gasteiger partial charge in [0.2, 0.25) is 0 Å². The first-order valence-corrected chi connectivity index (χ1v) is 10.0. The average molecular weight is 422 g/mol. The number of aryl methyl sites for hydroxylation is 1. The number of fused-ring (bicyclic) bond motifs is 1. The van der Waals surface area contributed by atoms with Gasteiger partial charge in [0.1, 0.15) is 17.5 Å². The van der Waals surface area contributed by atoms with E-state index in [1.165, 1.54) is 18.2 Å². The van der Waals surface area contributed by atoms with Crippen LogP contribution in [0.15, 0.2) is 60.0 Å². The number of halogens is 2. The zero-order valence-corrected chi connectivity index (χ0v) is 17.4. The summed E-state index contributed by atoms with van der Waals surface area (Å²) in [4.78, 5) is 11.5. The number of aromatic amines is 1. The lowest BCUT2D eigenvalue weighted by atomic mass is 10.1. The maximum absolute atomic E-state index is 14.6. The third kappa shape index (κ3) is 4.58. The molecule has 0 saturated carbocycles. The molecule has 0 radical (unpaired) electrons. The fourth-order valence-electron chi connectivity index (χ4n) is 3.58. The van der Waals surface area contributed by atoms with Crippen molar-refractivity contribution >= 4 is 16.9 Å². The lowest BCUT2D eigenvalue weighted by molar-refractivity contribution is 0.613. The van der Waals surface area contributed by atoms with Gasteiger partial charge in [-0.3, -0.25) is 4.99 Å². The smallest absolute Gasteiger partial charge is 0.191 e. The standard InChI is InChI=1S/C23H24F2N6/c1-15-27-9-10-31(15)22-6-3-16(11-20(22)25)13-30-23(26-2)28-8-7-17-14-29-21-12-18(24)4-5-19(17)21/h3-6,9-12,14,29H,7-8,13H2,1-2H3,(H2,26,28,30). The second-order valence-corrected chi connectivity index (χ2v) is 7.24. The summed E-state index contributed by atoms with van der Waals surface area (Å²) in [6, 6.07) is 9.88. The molecule has 0 bridgehead atoms. The van der Waals surface area contributed by atoms with Crippen LogP contribution in [0.5, 0.6) is 0 Å². The molecular weight excluding hydrogens is 398 g/mol. The van der Waals surface area contributed by atoms with Crippen LogP contribution in [-0.2, 0) is 13.0 Å². The number of nitrogens with one attached hydrogen (secondary N) is 3. The van der Waals surface area contributed by atoms with Gasteiger partial charge in [-0.05, 0) is 54.8 Å². The molecule has 2 heterocycles. The van der Waals surface area contributed by atoms with Crippen LogP contribution in [0.2, 0.25) is 0 Å².